The number of nitrogens with one attached hydrogen (secondary N) is 2. The topological polar surface area (TPSA) is 84.7 Å². The van der Waals surface area contributed by atoms with Crippen LogP contribution < -0.4 is 10.6 Å². The number of anilines is 1. The molecule has 0 spiro atoms. The van der Waals surface area contributed by atoms with Crippen LogP contribution in [0.25, 0.3) is 22.6 Å². The van der Waals surface area contributed by atoms with Crippen LogP contribution in [0, 0.1) is 0 Å². The Morgan fingerprint density at radius 3 is 2.50 bits per heavy atom. The van der Waals surface area contributed by atoms with E-state index in [9.17, 15) is 4.79 Å². The molecule has 7 heteroatoms. The average molecular weight is 427 g/mol. The van der Waals surface area contributed by atoms with Gasteiger partial charge in [-0.2, -0.15) is 0 Å². The van der Waals surface area contributed by atoms with E-state index in [-0.39, 0.29) is 11.9 Å². The maximum Gasteiger partial charge on any atom is 0.251 e. The van der Waals surface area contributed by atoms with Gasteiger partial charge < -0.3 is 15.2 Å². The lowest BCUT2D eigenvalue weighted by Crippen LogP contribution is -2.25. The molecule has 5 rings (SSSR count). The van der Waals surface area contributed by atoms with E-state index in [0.29, 0.717) is 24.0 Å². The molecule has 2 heterocycles. The van der Waals surface area contributed by atoms with E-state index >= 15 is 0 Å². The van der Waals surface area contributed by atoms with Crippen molar-refractivity contribution in [3.05, 3.63) is 72.1 Å². The zero-order valence-corrected chi connectivity index (χ0v) is 18.2. The molecule has 2 aromatic carbocycles. The molecular weight excluding hydrogens is 400 g/mol. The van der Waals surface area contributed by atoms with Crippen LogP contribution in [0.15, 0.2) is 60.9 Å². The lowest BCUT2D eigenvalue weighted by Gasteiger charge is -2.13. The monoisotopic (exact) mass is 426 g/mol. The third kappa shape index (κ3) is 4.06. The van der Waals surface area contributed by atoms with E-state index in [0.717, 1.165) is 35.4 Å². The fraction of sp³-hybridized carbons (Fsp3) is 0.280. The molecule has 162 valence electrons. The predicted molar refractivity (Wildman–Crippen MR) is 125 cm³/mol. The van der Waals surface area contributed by atoms with E-state index in [1.807, 2.05) is 42.5 Å². The minimum Gasteiger partial charge on any atom is -0.364 e. The molecule has 2 N–H and O–H groups in total. The minimum atomic E-state index is -0.0188. The highest BCUT2D eigenvalue weighted by Gasteiger charge is 2.24. The summed E-state index contributed by atoms with van der Waals surface area (Å²) in [5, 5.41) is 6.43. The summed E-state index contributed by atoms with van der Waals surface area (Å²) in [6.45, 7) is 4.88. The first-order chi connectivity index (χ1) is 15.6. The lowest BCUT2D eigenvalue weighted by molar-refractivity contribution is 0.0951. The minimum absolute atomic E-state index is 0.0188. The van der Waals surface area contributed by atoms with Gasteiger partial charge in [-0.25, -0.2) is 15.0 Å². The predicted octanol–water partition coefficient (Wildman–Crippen LogP) is 4.58. The summed E-state index contributed by atoms with van der Waals surface area (Å²) < 4.78 is 2.12. The summed E-state index contributed by atoms with van der Waals surface area (Å²) in [4.78, 5) is 26.2. The normalized spacial score (nSPS) is 13.5. The fourth-order valence-electron chi connectivity index (χ4n) is 3.78. The summed E-state index contributed by atoms with van der Waals surface area (Å²) >= 11 is 0. The lowest BCUT2D eigenvalue weighted by atomic mass is 10.1. The first-order valence-electron chi connectivity index (χ1n) is 11.0. The molecular formula is C25H26N6O. The van der Waals surface area contributed by atoms with Crippen molar-refractivity contribution in [2.24, 2.45) is 0 Å². The van der Waals surface area contributed by atoms with Gasteiger partial charge in [0, 0.05) is 29.8 Å². The largest absolute Gasteiger partial charge is 0.364 e. The first-order valence-corrected chi connectivity index (χ1v) is 11.0. The maximum atomic E-state index is 12.3. The highest BCUT2D eigenvalue weighted by molar-refractivity contribution is 5.95. The van der Waals surface area contributed by atoms with Gasteiger partial charge in [-0.3, -0.25) is 4.79 Å². The standard InChI is InChI=1S/C25H26N6O/c1-16(2)31-23(18-8-10-19(11-9-18)25(32)29-20-12-13-20)30-21-22(27-15-28-24(21)31)26-14-17-6-4-3-5-7-17/h3-11,15-16,20H,12-14H2,1-2H3,(H,29,32)(H,26,27,28). The molecule has 0 aliphatic heterocycles. The number of amides is 1. The Morgan fingerprint density at radius 2 is 1.81 bits per heavy atom. The van der Waals surface area contributed by atoms with Crippen molar-refractivity contribution in [2.45, 2.75) is 45.3 Å². The van der Waals surface area contributed by atoms with Gasteiger partial charge in [0.1, 0.15) is 12.2 Å². The van der Waals surface area contributed by atoms with Crippen LogP contribution in [0.4, 0.5) is 5.82 Å². The number of carbonyl (C=O) groups excluding carboxylic acids is 1. The molecule has 4 aromatic rings. The van der Waals surface area contributed by atoms with Gasteiger partial charge in [0.2, 0.25) is 0 Å². The molecule has 2 aromatic heterocycles. The van der Waals surface area contributed by atoms with Gasteiger partial charge in [0.25, 0.3) is 5.91 Å². The molecule has 7 nitrogen and oxygen atoms in total. The van der Waals surface area contributed by atoms with Gasteiger partial charge in [0.15, 0.2) is 17.0 Å². The molecule has 1 fully saturated rings. The Bertz CT molecular complexity index is 1240. The van der Waals surface area contributed by atoms with E-state index in [2.05, 4.69) is 51.1 Å². The fourth-order valence-corrected chi connectivity index (χ4v) is 3.78. The third-order valence-electron chi connectivity index (χ3n) is 5.61. The van der Waals surface area contributed by atoms with Crippen LogP contribution >= 0.6 is 0 Å². The highest BCUT2D eigenvalue weighted by Crippen LogP contribution is 2.30. The Morgan fingerprint density at radius 1 is 1.06 bits per heavy atom. The van der Waals surface area contributed by atoms with Crippen molar-refractivity contribution in [3.63, 3.8) is 0 Å². The van der Waals surface area contributed by atoms with Crippen LogP contribution in [-0.2, 0) is 6.54 Å². The number of carbonyl (C=O) groups is 1. The van der Waals surface area contributed by atoms with Crippen molar-refractivity contribution in [1.82, 2.24) is 24.8 Å². The smallest absolute Gasteiger partial charge is 0.251 e. The molecule has 0 atom stereocenters. The van der Waals surface area contributed by atoms with Crippen LogP contribution in [-0.4, -0.2) is 31.5 Å². The van der Waals surface area contributed by atoms with Crippen LogP contribution in [0.1, 0.15) is 48.7 Å². The van der Waals surface area contributed by atoms with Gasteiger partial charge in [-0.05, 0) is 44.4 Å². The Balaban J connectivity index is 1.48. The SMILES string of the molecule is CC(C)n1c(-c2ccc(C(=O)NC3CC3)cc2)nc2c(NCc3ccccc3)ncnc21. The van der Waals surface area contributed by atoms with Gasteiger partial charge in [0.05, 0.1) is 0 Å². The van der Waals surface area contributed by atoms with Crippen LogP contribution in [0.5, 0.6) is 0 Å². The van der Waals surface area contributed by atoms with Gasteiger partial charge in [-0.1, -0.05) is 42.5 Å². The number of nitrogens with zero attached hydrogens (tertiary/aromatic N) is 4. The molecule has 1 aliphatic carbocycles. The quantitative estimate of drug-likeness (QED) is 0.452. The first kappa shape index (κ1) is 20.2. The molecule has 0 bridgehead atoms. The van der Waals surface area contributed by atoms with Crippen LogP contribution in [0.3, 0.4) is 0 Å². The molecule has 1 saturated carbocycles. The average Bonchev–Trinajstić information content (AvgIpc) is 3.53. The molecule has 0 unspecified atom stereocenters. The number of fused-ring (bicyclic) bond motifs is 1. The Hall–Kier alpha value is -3.74. The molecule has 0 radical (unpaired) electrons. The molecule has 1 amide bonds. The molecule has 32 heavy (non-hydrogen) atoms. The van der Waals surface area contributed by atoms with Crippen molar-refractivity contribution >= 4 is 22.9 Å². The third-order valence-corrected chi connectivity index (χ3v) is 5.61. The van der Waals surface area contributed by atoms with Crippen molar-refractivity contribution < 1.29 is 4.79 Å². The summed E-state index contributed by atoms with van der Waals surface area (Å²) in [5.74, 6) is 1.50. The number of aromatic nitrogens is 4. The Labute approximate surface area is 186 Å². The van der Waals surface area contributed by atoms with E-state index in [1.165, 1.54) is 5.56 Å². The summed E-state index contributed by atoms with van der Waals surface area (Å²) in [7, 11) is 0. The van der Waals surface area contributed by atoms with E-state index in [1.54, 1.807) is 6.33 Å². The second-order valence-electron chi connectivity index (χ2n) is 8.46. The number of hydrogen-bond donors (Lipinski definition) is 2. The maximum absolute atomic E-state index is 12.3. The number of benzene rings is 2. The zero-order valence-electron chi connectivity index (χ0n) is 18.2. The van der Waals surface area contributed by atoms with Crippen LogP contribution in [0.2, 0.25) is 0 Å². The molecule has 0 saturated heterocycles. The van der Waals surface area contributed by atoms with Gasteiger partial charge in [-0.15, -0.1) is 0 Å². The second-order valence-corrected chi connectivity index (χ2v) is 8.46. The van der Waals surface area contributed by atoms with Gasteiger partial charge >= 0.3 is 0 Å². The number of rotatable bonds is 7. The van der Waals surface area contributed by atoms with Crippen molar-refractivity contribution in [3.8, 4) is 11.4 Å². The Kier molecular flexibility index (Phi) is 5.31. The van der Waals surface area contributed by atoms with E-state index in [4.69, 9.17) is 4.98 Å². The number of hydrogen-bond acceptors (Lipinski definition) is 5. The van der Waals surface area contributed by atoms with Crippen molar-refractivity contribution in [1.29, 1.82) is 0 Å². The molecule has 1 aliphatic rings. The second kappa shape index (κ2) is 8.42. The summed E-state index contributed by atoms with van der Waals surface area (Å²) in [5.41, 5.74) is 4.30. The summed E-state index contributed by atoms with van der Waals surface area (Å²) in [6.07, 6.45) is 3.72. The summed E-state index contributed by atoms with van der Waals surface area (Å²) in [6, 6.07) is 18.3. The zero-order chi connectivity index (χ0) is 22.1. The number of imidazole rings is 1. The van der Waals surface area contributed by atoms with E-state index < -0.39 is 0 Å². The van der Waals surface area contributed by atoms with Crippen molar-refractivity contribution in [2.75, 3.05) is 5.32 Å². The highest BCUT2D eigenvalue weighted by atomic mass is 16.1.